The van der Waals surface area contributed by atoms with Crippen LogP contribution in [0.2, 0.25) is 0 Å². The second kappa shape index (κ2) is 10.4. The van der Waals surface area contributed by atoms with Crippen LogP contribution >= 0.6 is 0 Å². The van der Waals surface area contributed by atoms with Gasteiger partial charge in [0.25, 0.3) is 11.1 Å². The van der Waals surface area contributed by atoms with E-state index < -0.39 is 0 Å². The van der Waals surface area contributed by atoms with Gasteiger partial charge in [-0.1, -0.05) is 13.8 Å². The van der Waals surface area contributed by atoms with Crippen molar-refractivity contribution in [1.29, 1.82) is 0 Å². The fourth-order valence-corrected chi connectivity index (χ4v) is 6.36. The van der Waals surface area contributed by atoms with Gasteiger partial charge in [-0.2, -0.15) is 0 Å². The van der Waals surface area contributed by atoms with Crippen molar-refractivity contribution in [2.45, 2.75) is 39.4 Å². The molecule has 0 radical (unpaired) electrons. The molecule has 0 spiro atoms. The van der Waals surface area contributed by atoms with Gasteiger partial charge in [-0.15, -0.1) is 10.2 Å². The van der Waals surface area contributed by atoms with Crippen molar-refractivity contribution in [2.24, 2.45) is 12.5 Å². The van der Waals surface area contributed by atoms with E-state index in [9.17, 15) is 14.7 Å². The van der Waals surface area contributed by atoms with E-state index in [0.717, 1.165) is 31.7 Å². The first kappa shape index (κ1) is 28.0. The molecular weight excluding hydrogens is 560 g/mol. The summed E-state index contributed by atoms with van der Waals surface area (Å²) in [6, 6.07) is 9.08. The van der Waals surface area contributed by atoms with Crippen molar-refractivity contribution in [3.05, 3.63) is 92.6 Å². The Morgan fingerprint density at radius 1 is 1.07 bits per heavy atom. The number of aliphatic hydroxyl groups is 1. The molecule has 0 atom stereocenters. The van der Waals surface area contributed by atoms with Gasteiger partial charge in [-0.3, -0.25) is 14.2 Å². The first-order chi connectivity index (χ1) is 21.2. The molecule has 2 aliphatic rings. The molecular formula is C32H34N8O4. The fourth-order valence-electron chi connectivity index (χ4n) is 6.36. The highest BCUT2D eigenvalue weighted by molar-refractivity contribution is 5.73. The lowest BCUT2D eigenvalue weighted by molar-refractivity contribution is 0.0782. The maximum atomic E-state index is 13.7. The topological polar surface area (TPSA) is 132 Å². The molecule has 12 heteroatoms. The highest BCUT2D eigenvalue weighted by atomic mass is 16.5. The quantitative estimate of drug-likeness (QED) is 0.292. The molecule has 1 saturated heterocycles. The molecule has 0 bridgehead atoms. The Balaban J connectivity index is 1.23. The second-order valence-electron chi connectivity index (χ2n) is 12.4. The molecule has 0 unspecified atom stereocenters. The third kappa shape index (κ3) is 4.66. The average molecular weight is 595 g/mol. The lowest BCUT2D eigenvalue weighted by Crippen LogP contribution is -2.52. The van der Waals surface area contributed by atoms with E-state index in [4.69, 9.17) is 4.74 Å². The summed E-state index contributed by atoms with van der Waals surface area (Å²) in [5.41, 5.74) is 4.72. The summed E-state index contributed by atoms with van der Waals surface area (Å²) in [5.74, 6) is 1.50. The van der Waals surface area contributed by atoms with Crippen molar-refractivity contribution in [2.75, 3.05) is 30.4 Å². The minimum atomic E-state index is -0.360. The number of aryl methyl sites for hydroxylation is 1. The Kier molecular flexibility index (Phi) is 6.63. The molecule has 0 amide bonds. The molecule has 0 aromatic carbocycles. The van der Waals surface area contributed by atoms with E-state index in [1.165, 1.54) is 20.4 Å². The van der Waals surface area contributed by atoms with E-state index in [1.807, 2.05) is 22.7 Å². The number of ether oxygens (including phenoxy) is 1. The summed E-state index contributed by atoms with van der Waals surface area (Å²) in [6.07, 6.45) is 8.92. The van der Waals surface area contributed by atoms with Gasteiger partial charge in [-0.25, -0.2) is 4.98 Å². The Labute approximate surface area is 253 Å². The van der Waals surface area contributed by atoms with Gasteiger partial charge < -0.3 is 29.0 Å². The summed E-state index contributed by atoms with van der Waals surface area (Å²) in [4.78, 5) is 33.4. The van der Waals surface area contributed by atoms with Crippen LogP contribution in [0, 0.1) is 5.41 Å². The number of aromatic nitrogens is 6. The summed E-state index contributed by atoms with van der Waals surface area (Å²) in [5, 5.41) is 22.2. The zero-order valence-corrected chi connectivity index (χ0v) is 25.1. The Hall–Kier alpha value is -4.81. The molecule has 12 nitrogen and oxygen atoms in total. The minimum absolute atomic E-state index is 0.169. The van der Waals surface area contributed by atoms with Crippen molar-refractivity contribution >= 4 is 22.8 Å². The number of pyridine rings is 2. The van der Waals surface area contributed by atoms with Crippen LogP contribution in [0.3, 0.4) is 0 Å². The Morgan fingerprint density at radius 2 is 1.89 bits per heavy atom. The number of anilines is 3. The SMILES string of the molecule is COC1CN(c2ccc(Nc3cc(-c4ccnc(-n5ccn6c7c(cc6c5=O)CC(C)(C)C7)c4CO)cn(C)c3=O)nn2)C1. The van der Waals surface area contributed by atoms with E-state index in [0.29, 0.717) is 39.5 Å². The van der Waals surface area contributed by atoms with E-state index in [1.54, 1.807) is 50.9 Å². The van der Waals surface area contributed by atoms with Crippen molar-refractivity contribution in [3.8, 4) is 16.9 Å². The molecule has 5 aromatic rings. The monoisotopic (exact) mass is 594 g/mol. The molecule has 6 heterocycles. The highest BCUT2D eigenvalue weighted by Gasteiger charge is 2.32. The highest BCUT2D eigenvalue weighted by Crippen LogP contribution is 2.37. The van der Waals surface area contributed by atoms with Gasteiger partial charge in [0, 0.05) is 68.9 Å². The number of hydrogen-bond acceptors (Lipinski definition) is 9. The number of fused-ring (bicyclic) bond motifs is 3. The molecule has 5 aromatic heterocycles. The third-order valence-electron chi connectivity index (χ3n) is 8.68. The van der Waals surface area contributed by atoms with Crippen molar-refractivity contribution in [3.63, 3.8) is 0 Å². The Morgan fingerprint density at radius 3 is 2.61 bits per heavy atom. The van der Waals surface area contributed by atoms with Crippen molar-refractivity contribution in [1.82, 2.24) is 28.7 Å². The Bertz CT molecular complexity index is 2020. The van der Waals surface area contributed by atoms with E-state index in [-0.39, 0.29) is 29.2 Å². The predicted octanol–water partition coefficient (Wildman–Crippen LogP) is 2.84. The van der Waals surface area contributed by atoms with Crippen LogP contribution in [0.4, 0.5) is 17.3 Å². The van der Waals surface area contributed by atoms with Crippen LogP contribution in [0.15, 0.2) is 64.7 Å². The van der Waals surface area contributed by atoms with Gasteiger partial charge in [0.05, 0.1) is 12.7 Å². The van der Waals surface area contributed by atoms with Crippen LogP contribution < -0.4 is 21.3 Å². The van der Waals surface area contributed by atoms with Crippen LogP contribution in [0.1, 0.15) is 30.7 Å². The van der Waals surface area contributed by atoms with Gasteiger partial charge in [0.15, 0.2) is 11.6 Å². The molecule has 44 heavy (non-hydrogen) atoms. The predicted molar refractivity (Wildman–Crippen MR) is 167 cm³/mol. The summed E-state index contributed by atoms with van der Waals surface area (Å²) in [7, 11) is 3.35. The van der Waals surface area contributed by atoms with Gasteiger partial charge in [0.1, 0.15) is 17.0 Å². The van der Waals surface area contributed by atoms with Crippen molar-refractivity contribution < 1.29 is 9.84 Å². The maximum Gasteiger partial charge on any atom is 0.280 e. The molecule has 7 rings (SSSR count). The van der Waals surface area contributed by atoms with E-state index >= 15 is 0 Å². The minimum Gasteiger partial charge on any atom is -0.392 e. The summed E-state index contributed by atoms with van der Waals surface area (Å²) >= 11 is 0. The van der Waals surface area contributed by atoms with Crippen LogP contribution in [-0.4, -0.2) is 60.1 Å². The second-order valence-corrected chi connectivity index (χ2v) is 12.4. The largest absolute Gasteiger partial charge is 0.392 e. The lowest BCUT2D eigenvalue weighted by atomic mass is 9.90. The van der Waals surface area contributed by atoms with Crippen LogP contribution in [-0.2, 0) is 31.2 Å². The van der Waals surface area contributed by atoms with Crippen LogP contribution in [0.25, 0.3) is 22.5 Å². The number of hydrogen-bond donors (Lipinski definition) is 2. The van der Waals surface area contributed by atoms with Gasteiger partial charge in [-0.05, 0) is 59.7 Å². The summed E-state index contributed by atoms with van der Waals surface area (Å²) < 4.78 is 10.3. The number of methoxy groups -OCH3 is 1. The number of nitrogens with one attached hydrogen (secondary N) is 1. The third-order valence-corrected chi connectivity index (χ3v) is 8.68. The molecule has 0 saturated carbocycles. The molecule has 1 fully saturated rings. The first-order valence-electron chi connectivity index (χ1n) is 14.6. The van der Waals surface area contributed by atoms with Crippen LogP contribution in [0.5, 0.6) is 0 Å². The average Bonchev–Trinajstić information content (AvgIpc) is 3.47. The zero-order chi connectivity index (χ0) is 30.7. The fraction of sp³-hybridized carbons (Fsp3) is 0.344. The van der Waals surface area contributed by atoms with E-state index in [2.05, 4.69) is 39.2 Å². The molecule has 1 aliphatic carbocycles. The molecule has 226 valence electrons. The summed E-state index contributed by atoms with van der Waals surface area (Å²) in [6.45, 7) is 5.62. The molecule has 2 N–H and O–H groups in total. The smallest absolute Gasteiger partial charge is 0.280 e. The first-order valence-corrected chi connectivity index (χ1v) is 14.6. The number of aliphatic hydroxyl groups excluding tert-OH is 1. The number of nitrogens with zero attached hydrogens (tertiary/aromatic N) is 7. The number of rotatable bonds is 7. The lowest BCUT2D eigenvalue weighted by Gasteiger charge is -2.38. The standard InChI is InChI=1S/C32H34N8O4/c1-32(2)13-19-12-25-31(43)40(10-9-39(25)26(19)14-32)29-23(18-41)22(7-8-33-29)20-11-24(30(42)37(3)15-20)34-27-5-6-28(36-35-27)38-16-21(17-38)44-4/h5-12,15,21,41H,13-14,16-18H2,1-4H3,(H,34,35). The van der Waals surface area contributed by atoms with Gasteiger partial charge >= 0.3 is 0 Å². The molecule has 1 aliphatic heterocycles. The van der Waals surface area contributed by atoms with Gasteiger partial charge in [0.2, 0.25) is 0 Å². The maximum absolute atomic E-state index is 13.7. The normalized spacial score (nSPS) is 15.9. The zero-order valence-electron chi connectivity index (χ0n) is 25.1.